The van der Waals surface area contributed by atoms with Crippen LogP contribution in [0.15, 0.2) is 12.7 Å². The number of ether oxygens (including phenoxy) is 14. The molecule has 0 spiro atoms. The van der Waals surface area contributed by atoms with E-state index in [0.29, 0.717) is 13.2 Å². The highest BCUT2D eigenvalue weighted by Crippen LogP contribution is 2.44. The van der Waals surface area contributed by atoms with Gasteiger partial charge in [-0.25, -0.2) is 0 Å². The van der Waals surface area contributed by atoms with Crippen molar-refractivity contribution in [1.29, 1.82) is 0 Å². The fourth-order valence-electron chi connectivity index (χ4n) is 7.23. The van der Waals surface area contributed by atoms with Gasteiger partial charge in [0.05, 0.1) is 26.4 Å². The highest BCUT2D eigenvalue weighted by atomic mass is 16.9. The van der Waals surface area contributed by atoms with Crippen LogP contribution in [0.4, 0.5) is 0 Å². The molecule has 14 nitrogen and oxygen atoms in total. The molecule has 0 aliphatic carbocycles. The fraction of sp³-hybridized carbons (Fsp3) is 0.935. The molecule has 0 unspecified atom stereocenters. The number of rotatable bonds is 10. The molecule has 7 rings (SSSR count). The van der Waals surface area contributed by atoms with E-state index in [1.165, 1.54) is 0 Å². The molecule has 0 aromatic heterocycles. The molecule has 0 saturated carbocycles. The zero-order chi connectivity index (χ0) is 31.9. The van der Waals surface area contributed by atoms with Crippen molar-refractivity contribution in [2.45, 2.75) is 158 Å². The third-order valence-corrected chi connectivity index (χ3v) is 8.91. The van der Waals surface area contributed by atoms with Crippen molar-refractivity contribution in [3.8, 4) is 0 Å². The van der Waals surface area contributed by atoms with E-state index in [2.05, 4.69) is 6.58 Å². The van der Waals surface area contributed by atoms with Crippen LogP contribution in [-0.4, -0.2) is 129 Å². The Hall–Kier alpha value is -0.820. The van der Waals surface area contributed by atoms with Crippen LogP contribution >= 0.6 is 0 Å². The van der Waals surface area contributed by atoms with Crippen molar-refractivity contribution < 1.29 is 66.3 Å². The van der Waals surface area contributed by atoms with E-state index >= 15 is 0 Å². The Kier molecular flexibility index (Phi) is 8.47. The molecular weight excluding hydrogens is 596 g/mol. The molecule has 14 heteroatoms. The Morgan fingerprint density at radius 3 is 1.51 bits per heavy atom. The average molecular weight is 645 g/mol. The number of hydrogen-bond donors (Lipinski definition) is 0. The number of hydrogen-bond acceptors (Lipinski definition) is 14. The molecule has 13 atom stereocenters. The van der Waals surface area contributed by atoms with E-state index in [1.54, 1.807) is 6.08 Å². The minimum absolute atomic E-state index is 0.146. The van der Waals surface area contributed by atoms with Crippen LogP contribution in [0.1, 0.15) is 55.4 Å². The van der Waals surface area contributed by atoms with Gasteiger partial charge in [0.15, 0.2) is 42.0 Å². The zero-order valence-electron chi connectivity index (χ0n) is 27.3. The lowest BCUT2D eigenvalue weighted by atomic mass is 10.1. The van der Waals surface area contributed by atoms with Crippen LogP contribution in [0.2, 0.25) is 0 Å². The highest BCUT2D eigenvalue weighted by Gasteiger charge is 2.61. The van der Waals surface area contributed by atoms with Crippen molar-refractivity contribution in [2.24, 2.45) is 0 Å². The van der Waals surface area contributed by atoms with Crippen molar-refractivity contribution in [2.75, 3.05) is 26.4 Å². The maximum atomic E-state index is 6.58. The summed E-state index contributed by atoms with van der Waals surface area (Å²) in [6.07, 6.45) is -4.82. The summed E-state index contributed by atoms with van der Waals surface area (Å²) in [6.45, 7) is 19.6. The Bertz CT molecular complexity index is 1100. The molecule has 7 aliphatic rings. The molecule has 45 heavy (non-hydrogen) atoms. The van der Waals surface area contributed by atoms with Gasteiger partial charge in [0.25, 0.3) is 0 Å². The summed E-state index contributed by atoms with van der Waals surface area (Å²) in [4.78, 5) is 0. The minimum atomic E-state index is -0.836. The third kappa shape index (κ3) is 6.49. The smallest absolute Gasteiger partial charge is 0.190 e. The molecule has 0 radical (unpaired) electrons. The summed E-state index contributed by atoms with van der Waals surface area (Å²) in [5.74, 6) is -3.16. The van der Waals surface area contributed by atoms with Gasteiger partial charge in [-0.1, -0.05) is 6.08 Å². The monoisotopic (exact) mass is 644 g/mol. The molecule has 7 fully saturated rings. The standard InChI is InChI=1S/C31H48O14/c1-10-11-32-18-15(36-25-22(18)40-29(4,5)43-25)12-33-19-16(37-26-23(19)41-30(6,7)44-26)13-34-21-20(17-14-35-28(2,3)39-17)38-27-24(21)42-31(8,9)45-27/h10,15-27H,1,11-14H2,2-9H3/t15-,16-,17-,18+,19+,20-,21+,22-,23-,24-,25-,26-,27-/m1/s1. The molecule has 0 aromatic rings. The van der Waals surface area contributed by atoms with Crippen LogP contribution in [0.3, 0.4) is 0 Å². The Balaban J connectivity index is 1.05. The lowest BCUT2D eigenvalue weighted by Gasteiger charge is -2.31. The zero-order valence-corrected chi connectivity index (χ0v) is 27.3. The van der Waals surface area contributed by atoms with Gasteiger partial charge < -0.3 is 66.3 Å². The van der Waals surface area contributed by atoms with E-state index in [4.69, 9.17) is 66.3 Å². The largest absolute Gasteiger partial charge is 0.370 e. The maximum absolute atomic E-state index is 6.58. The normalized spacial score (nSPS) is 48.5. The highest BCUT2D eigenvalue weighted by molar-refractivity contribution is 5.01. The van der Waals surface area contributed by atoms with E-state index in [1.807, 2.05) is 55.4 Å². The van der Waals surface area contributed by atoms with Crippen LogP contribution in [0, 0.1) is 0 Å². The average Bonchev–Trinajstić information content (AvgIpc) is 3.75. The van der Waals surface area contributed by atoms with Gasteiger partial charge in [0, 0.05) is 0 Å². The second-order valence-corrected chi connectivity index (χ2v) is 14.4. The Morgan fingerprint density at radius 2 is 1.02 bits per heavy atom. The van der Waals surface area contributed by atoms with Crippen LogP contribution in [0.25, 0.3) is 0 Å². The van der Waals surface area contributed by atoms with Crippen LogP contribution < -0.4 is 0 Å². The van der Waals surface area contributed by atoms with E-state index < -0.39 is 97.0 Å². The molecule has 0 bridgehead atoms. The first-order chi connectivity index (χ1) is 21.1. The SMILES string of the molecule is C=CCO[C@@H]1[C@H]2OC(C)(C)O[C@H]2O[C@@H]1CO[C@@H]1[C@H]2OC(C)(C)O[C@H]2O[C@@H]1CO[C@@H]1[C@H]2OC(C)(C)O[C@H]2O[C@@H]1[C@H]1COC(C)(C)O1. The van der Waals surface area contributed by atoms with Gasteiger partial charge in [0.2, 0.25) is 0 Å². The molecule has 256 valence electrons. The lowest BCUT2D eigenvalue weighted by Crippen LogP contribution is -2.47. The van der Waals surface area contributed by atoms with Crippen molar-refractivity contribution in [1.82, 2.24) is 0 Å². The first kappa shape index (κ1) is 32.7. The summed E-state index contributed by atoms with van der Waals surface area (Å²) in [5, 5.41) is 0. The van der Waals surface area contributed by atoms with Crippen molar-refractivity contribution in [3.05, 3.63) is 12.7 Å². The van der Waals surface area contributed by atoms with Gasteiger partial charge in [-0.15, -0.1) is 6.58 Å². The molecule has 0 N–H and O–H groups in total. The van der Waals surface area contributed by atoms with E-state index in [0.717, 1.165) is 0 Å². The van der Waals surface area contributed by atoms with Crippen LogP contribution in [0.5, 0.6) is 0 Å². The predicted molar refractivity (Wildman–Crippen MR) is 150 cm³/mol. The first-order valence-electron chi connectivity index (χ1n) is 15.9. The van der Waals surface area contributed by atoms with Crippen LogP contribution in [-0.2, 0) is 66.3 Å². The summed E-state index contributed by atoms with van der Waals surface area (Å²) >= 11 is 0. The third-order valence-electron chi connectivity index (χ3n) is 8.91. The second-order valence-electron chi connectivity index (χ2n) is 14.4. The molecule has 0 amide bonds. The lowest BCUT2D eigenvalue weighted by molar-refractivity contribution is -0.247. The van der Waals surface area contributed by atoms with Gasteiger partial charge in [-0.2, -0.15) is 0 Å². The van der Waals surface area contributed by atoms with Crippen molar-refractivity contribution >= 4 is 0 Å². The topological polar surface area (TPSA) is 129 Å². The quantitative estimate of drug-likeness (QED) is 0.322. The molecular formula is C31H48O14. The summed E-state index contributed by atoms with van der Waals surface area (Å²) in [5.41, 5.74) is 0. The first-order valence-corrected chi connectivity index (χ1v) is 15.9. The molecule has 7 aliphatic heterocycles. The van der Waals surface area contributed by atoms with Gasteiger partial charge in [0.1, 0.15) is 61.0 Å². The minimum Gasteiger partial charge on any atom is -0.370 e. The van der Waals surface area contributed by atoms with Crippen molar-refractivity contribution in [3.63, 3.8) is 0 Å². The number of fused-ring (bicyclic) bond motifs is 3. The molecule has 7 heterocycles. The maximum Gasteiger partial charge on any atom is 0.190 e. The summed E-state index contributed by atoms with van der Waals surface area (Å²) < 4.78 is 86.7. The summed E-state index contributed by atoms with van der Waals surface area (Å²) in [7, 11) is 0. The second kappa shape index (κ2) is 11.7. The Morgan fingerprint density at radius 1 is 0.556 bits per heavy atom. The van der Waals surface area contributed by atoms with Gasteiger partial charge in [-0.3, -0.25) is 0 Å². The molecule has 7 saturated heterocycles. The van der Waals surface area contributed by atoms with Gasteiger partial charge >= 0.3 is 0 Å². The Labute approximate surface area is 264 Å². The van der Waals surface area contributed by atoms with Gasteiger partial charge in [-0.05, 0) is 55.4 Å². The predicted octanol–water partition coefficient (Wildman–Crippen LogP) is 2.11. The van der Waals surface area contributed by atoms with E-state index in [-0.39, 0.29) is 19.3 Å². The summed E-state index contributed by atoms with van der Waals surface area (Å²) in [6, 6.07) is 0. The molecule has 0 aromatic carbocycles. The fourth-order valence-corrected chi connectivity index (χ4v) is 7.23. The van der Waals surface area contributed by atoms with E-state index in [9.17, 15) is 0 Å².